The molecular weight excluding hydrogens is 238 g/mol. The van der Waals surface area contributed by atoms with E-state index in [1.54, 1.807) is 11.9 Å². The van der Waals surface area contributed by atoms with Crippen molar-refractivity contribution >= 4 is 11.6 Å². The maximum atomic E-state index is 13.8. The van der Waals surface area contributed by atoms with Crippen LogP contribution in [-0.4, -0.2) is 18.1 Å². The first-order valence-corrected chi connectivity index (χ1v) is 6.19. The van der Waals surface area contributed by atoms with Crippen LogP contribution in [0.25, 0.3) is 0 Å². The van der Waals surface area contributed by atoms with Crippen LogP contribution in [0.3, 0.4) is 0 Å². The molecule has 6 heteroatoms. The van der Waals surface area contributed by atoms with Gasteiger partial charge in [-0.2, -0.15) is 0 Å². The topological polar surface area (TPSA) is 54.2 Å². The quantitative estimate of drug-likeness (QED) is 0.644. The number of hydrogen-bond acceptors (Lipinski definition) is 4. The van der Waals surface area contributed by atoms with Crippen molar-refractivity contribution in [2.75, 3.05) is 17.4 Å². The van der Waals surface area contributed by atoms with Gasteiger partial charge in [-0.3, -0.25) is 0 Å². The average Bonchev–Trinajstić information content (AvgIpc) is 2.39. The first-order valence-electron chi connectivity index (χ1n) is 6.19. The number of nitrogens with two attached hydrogens (primary N) is 1. The fourth-order valence-electron chi connectivity index (χ4n) is 2.45. The Kier molecular flexibility index (Phi) is 3.96. The molecule has 3 N–H and O–H groups in total. The number of nitrogens with zero attached hydrogens (tertiary/aromatic N) is 2. The van der Waals surface area contributed by atoms with Crippen LogP contribution in [-0.2, 0) is 0 Å². The average molecular weight is 256 g/mol. The summed E-state index contributed by atoms with van der Waals surface area (Å²) in [6.07, 6.45) is 5.53. The number of aromatic nitrogens is 1. The molecule has 1 aliphatic rings. The molecule has 0 unspecified atom stereocenters. The second kappa shape index (κ2) is 5.48. The molecule has 0 spiro atoms. The van der Waals surface area contributed by atoms with Crippen molar-refractivity contribution in [2.24, 2.45) is 5.84 Å². The molecule has 1 aromatic rings. The van der Waals surface area contributed by atoms with Gasteiger partial charge in [0.2, 0.25) is 0 Å². The Hall–Kier alpha value is -1.43. The number of nitrogens with one attached hydrogen (secondary N) is 1. The summed E-state index contributed by atoms with van der Waals surface area (Å²) in [7, 11) is 1.79. The van der Waals surface area contributed by atoms with Gasteiger partial charge in [-0.05, 0) is 12.8 Å². The minimum absolute atomic E-state index is 0.131. The summed E-state index contributed by atoms with van der Waals surface area (Å²) >= 11 is 0. The zero-order valence-electron chi connectivity index (χ0n) is 10.4. The lowest BCUT2D eigenvalue weighted by molar-refractivity contribution is 0.421. The molecule has 100 valence electrons. The van der Waals surface area contributed by atoms with E-state index < -0.39 is 11.6 Å². The molecule has 18 heavy (non-hydrogen) atoms. The Bertz CT molecular complexity index is 419. The maximum Gasteiger partial charge on any atom is 0.178 e. The highest BCUT2D eigenvalue weighted by molar-refractivity contribution is 5.49. The van der Waals surface area contributed by atoms with E-state index in [1.807, 2.05) is 0 Å². The van der Waals surface area contributed by atoms with Gasteiger partial charge in [0.1, 0.15) is 0 Å². The molecule has 1 heterocycles. The fraction of sp³-hybridized carbons (Fsp3) is 0.583. The van der Waals surface area contributed by atoms with Gasteiger partial charge >= 0.3 is 0 Å². The van der Waals surface area contributed by atoms with Crippen molar-refractivity contribution in [3.63, 3.8) is 0 Å². The van der Waals surface area contributed by atoms with Gasteiger partial charge in [0.15, 0.2) is 23.3 Å². The predicted octanol–water partition coefficient (Wildman–Crippen LogP) is 2.41. The zero-order chi connectivity index (χ0) is 13.1. The molecule has 0 atom stereocenters. The van der Waals surface area contributed by atoms with E-state index in [0.29, 0.717) is 0 Å². The van der Waals surface area contributed by atoms with Gasteiger partial charge < -0.3 is 10.3 Å². The molecule has 2 rings (SSSR count). The molecule has 0 amide bonds. The normalized spacial score (nSPS) is 16.7. The second-order valence-electron chi connectivity index (χ2n) is 4.67. The van der Waals surface area contributed by atoms with Crippen LogP contribution in [0.4, 0.5) is 20.4 Å². The maximum absolute atomic E-state index is 13.8. The number of rotatable bonds is 3. The summed E-state index contributed by atoms with van der Waals surface area (Å²) in [5.74, 6) is 3.74. The molecule has 0 aromatic carbocycles. The van der Waals surface area contributed by atoms with Crippen LogP contribution in [0, 0.1) is 11.6 Å². The summed E-state index contributed by atoms with van der Waals surface area (Å²) in [6, 6.07) is 1.08. The van der Waals surface area contributed by atoms with E-state index in [2.05, 4.69) is 10.4 Å². The van der Waals surface area contributed by atoms with E-state index in [9.17, 15) is 8.78 Å². The van der Waals surface area contributed by atoms with Crippen molar-refractivity contribution < 1.29 is 8.78 Å². The first-order chi connectivity index (χ1) is 8.63. The summed E-state index contributed by atoms with van der Waals surface area (Å²) in [5, 5.41) is 0. The Labute approximate surface area is 105 Å². The predicted molar refractivity (Wildman–Crippen MR) is 67.2 cm³/mol. The SMILES string of the molecule is CN(c1nc(NN)c(F)cc1F)C1CCCCC1. The molecule has 0 aliphatic heterocycles. The lowest BCUT2D eigenvalue weighted by Crippen LogP contribution is -2.34. The van der Waals surface area contributed by atoms with Crippen LogP contribution < -0.4 is 16.2 Å². The van der Waals surface area contributed by atoms with E-state index in [4.69, 9.17) is 5.84 Å². The molecule has 1 saturated carbocycles. The summed E-state index contributed by atoms with van der Waals surface area (Å²) in [5.41, 5.74) is 2.14. The lowest BCUT2D eigenvalue weighted by atomic mass is 9.94. The van der Waals surface area contributed by atoms with Crippen molar-refractivity contribution in [2.45, 2.75) is 38.1 Å². The zero-order valence-corrected chi connectivity index (χ0v) is 10.4. The van der Waals surface area contributed by atoms with E-state index in [-0.39, 0.29) is 17.7 Å². The number of hydrazine groups is 1. The molecule has 1 fully saturated rings. The van der Waals surface area contributed by atoms with Crippen LogP contribution in [0.5, 0.6) is 0 Å². The number of pyridine rings is 1. The highest BCUT2D eigenvalue weighted by atomic mass is 19.1. The Morgan fingerprint density at radius 3 is 2.56 bits per heavy atom. The summed E-state index contributed by atoms with van der Waals surface area (Å²) < 4.78 is 27.0. The second-order valence-corrected chi connectivity index (χ2v) is 4.67. The lowest BCUT2D eigenvalue weighted by Gasteiger charge is -2.32. The van der Waals surface area contributed by atoms with Crippen molar-refractivity contribution in [1.82, 2.24) is 4.98 Å². The van der Waals surface area contributed by atoms with Gasteiger partial charge in [0.05, 0.1) is 0 Å². The van der Waals surface area contributed by atoms with Gasteiger partial charge in [-0.25, -0.2) is 19.6 Å². The molecule has 1 aromatic heterocycles. The molecule has 0 bridgehead atoms. The largest absolute Gasteiger partial charge is 0.354 e. The van der Waals surface area contributed by atoms with Crippen molar-refractivity contribution in [1.29, 1.82) is 0 Å². The molecule has 1 aliphatic carbocycles. The summed E-state index contributed by atoms with van der Waals surface area (Å²) in [6.45, 7) is 0. The third-order valence-electron chi connectivity index (χ3n) is 3.50. The molecule has 0 saturated heterocycles. The van der Waals surface area contributed by atoms with Gasteiger partial charge in [-0.1, -0.05) is 19.3 Å². The third kappa shape index (κ3) is 2.53. The van der Waals surface area contributed by atoms with E-state index >= 15 is 0 Å². The minimum Gasteiger partial charge on any atom is -0.354 e. The van der Waals surface area contributed by atoms with Crippen LogP contribution in [0.1, 0.15) is 32.1 Å². The van der Waals surface area contributed by atoms with Gasteiger partial charge in [0.25, 0.3) is 0 Å². The van der Waals surface area contributed by atoms with Crippen molar-refractivity contribution in [3.8, 4) is 0 Å². The molecular formula is C12H18F2N4. The Morgan fingerprint density at radius 2 is 1.94 bits per heavy atom. The van der Waals surface area contributed by atoms with E-state index in [1.165, 1.54) is 6.42 Å². The van der Waals surface area contributed by atoms with Gasteiger partial charge in [-0.15, -0.1) is 0 Å². The standard InChI is InChI=1S/C12H18F2N4/c1-18(8-5-3-2-4-6-8)12-10(14)7-9(13)11(16-12)17-15/h7-8H,2-6,15H2,1H3,(H,16,17). The fourth-order valence-corrected chi connectivity index (χ4v) is 2.45. The summed E-state index contributed by atoms with van der Waals surface area (Å²) in [4.78, 5) is 5.69. The molecule has 4 nitrogen and oxygen atoms in total. The molecule has 0 radical (unpaired) electrons. The van der Waals surface area contributed by atoms with Crippen molar-refractivity contribution in [3.05, 3.63) is 17.7 Å². The van der Waals surface area contributed by atoms with Crippen LogP contribution in [0.2, 0.25) is 0 Å². The Morgan fingerprint density at radius 1 is 1.28 bits per heavy atom. The monoisotopic (exact) mass is 256 g/mol. The van der Waals surface area contributed by atoms with Crippen LogP contribution >= 0.6 is 0 Å². The van der Waals surface area contributed by atoms with Gasteiger partial charge in [0, 0.05) is 19.2 Å². The smallest absolute Gasteiger partial charge is 0.178 e. The highest BCUT2D eigenvalue weighted by Crippen LogP contribution is 2.28. The van der Waals surface area contributed by atoms with E-state index in [0.717, 1.165) is 31.7 Å². The number of halogens is 2. The van der Waals surface area contributed by atoms with Crippen LogP contribution in [0.15, 0.2) is 6.07 Å². The number of hydrogen-bond donors (Lipinski definition) is 2. The first kappa shape index (κ1) is 13.0. The number of nitrogen functional groups attached to an aromatic ring is 1. The minimum atomic E-state index is -0.782. The highest BCUT2D eigenvalue weighted by Gasteiger charge is 2.23. The number of anilines is 2. The third-order valence-corrected chi connectivity index (χ3v) is 3.50. The Balaban J connectivity index is 2.25.